The fraction of sp³-hybridized carbons (Fsp3) is 0.136. The van der Waals surface area contributed by atoms with Crippen LogP contribution in [0.1, 0.15) is 11.3 Å². The standard InChI is InChI=1S/C22H17Cl2N3O3S/c23-15-5-3-6-16(24)20(15)21-26-13(11-31-21)9-19(28)27-18(22(29)30)8-12-10-25-17-7-2-1-4-14(12)17/h1-7,10-11,18,25H,8-9H2,(H,27,28)(H,29,30). The number of amides is 1. The molecule has 2 aromatic carbocycles. The number of halogens is 2. The van der Waals surface area contributed by atoms with Crippen LogP contribution in [0.2, 0.25) is 10.0 Å². The van der Waals surface area contributed by atoms with Crippen LogP contribution in [0.3, 0.4) is 0 Å². The molecule has 1 unspecified atom stereocenters. The van der Waals surface area contributed by atoms with Crippen LogP contribution in [0.5, 0.6) is 0 Å². The maximum Gasteiger partial charge on any atom is 0.326 e. The van der Waals surface area contributed by atoms with Gasteiger partial charge in [0.2, 0.25) is 5.91 Å². The van der Waals surface area contributed by atoms with Gasteiger partial charge in [-0.05, 0) is 23.8 Å². The SMILES string of the molecule is O=C(Cc1csc(-c2c(Cl)cccc2Cl)n1)NC(Cc1c[nH]c2ccccc12)C(=O)O. The van der Waals surface area contributed by atoms with Gasteiger partial charge in [-0.25, -0.2) is 9.78 Å². The quantitative estimate of drug-likeness (QED) is 0.353. The molecule has 0 aliphatic rings. The molecular formula is C22H17Cl2N3O3S. The second-order valence-corrected chi connectivity index (χ2v) is 8.61. The molecule has 3 N–H and O–H groups in total. The summed E-state index contributed by atoms with van der Waals surface area (Å²) < 4.78 is 0. The molecule has 1 amide bonds. The van der Waals surface area contributed by atoms with Gasteiger partial charge >= 0.3 is 5.97 Å². The van der Waals surface area contributed by atoms with Crippen molar-refractivity contribution in [1.29, 1.82) is 0 Å². The van der Waals surface area contributed by atoms with Crippen molar-refractivity contribution in [2.45, 2.75) is 18.9 Å². The van der Waals surface area contributed by atoms with Crippen molar-refractivity contribution < 1.29 is 14.7 Å². The van der Waals surface area contributed by atoms with Crippen LogP contribution < -0.4 is 5.32 Å². The molecule has 6 nitrogen and oxygen atoms in total. The van der Waals surface area contributed by atoms with E-state index >= 15 is 0 Å². The number of aromatic nitrogens is 2. The number of nitrogens with one attached hydrogen (secondary N) is 2. The molecule has 4 rings (SSSR count). The number of rotatable bonds is 7. The molecule has 158 valence electrons. The Kier molecular flexibility index (Phi) is 6.27. The van der Waals surface area contributed by atoms with Crippen molar-refractivity contribution in [3.63, 3.8) is 0 Å². The number of carboxylic acids is 1. The Morgan fingerprint density at radius 1 is 1.13 bits per heavy atom. The second kappa shape index (κ2) is 9.09. The minimum atomic E-state index is -1.10. The summed E-state index contributed by atoms with van der Waals surface area (Å²) in [6.45, 7) is 0. The summed E-state index contributed by atoms with van der Waals surface area (Å²) in [6.07, 6.45) is 1.89. The van der Waals surface area contributed by atoms with E-state index in [1.807, 2.05) is 24.3 Å². The zero-order valence-corrected chi connectivity index (χ0v) is 18.4. The zero-order valence-electron chi connectivity index (χ0n) is 16.1. The Bertz CT molecular complexity index is 1250. The first-order valence-electron chi connectivity index (χ1n) is 9.38. The lowest BCUT2D eigenvalue weighted by Crippen LogP contribution is -2.43. The van der Waals surface area contributed by atoms with Gasteiger partial charge in [0.1, 0.15) is 11.0 Å². The van der Waals surface area contributed by atoms with Crippen LogP contribution in [0, 0.1) is 0 Å². The van der Waals surface area contributed by atoms with Crippen molar-refractivity contribution in [3.05, 3.63) is 75.3 Å². The summed E-state index contributed by atoms with van der Waals surface area (Å²) in [4.78, 5) is 31.8. The fourth-order valence-electron chi connectivity index (χ4n) is 3.34. The minimum Gasteiger partial charge on any atom is -0.480 e. The van der Waals surface area contributed by atoms with Crippen LogP contribution in [-0.2, 0) is 22.4 Å². The third kappa shape index (κ3) is 4.74. The third-order valence-corrected chi connectivity index (χ3v) is 6.34. The summed E-state index contributed by atoms with van der Waals surface area (Å²) in [6, 6.07) is 11.8. The largest absolute Gasteiger partial charge is 0.480 e. The molecule has 0 saturated carbocycles. The Labute approximate surface area is 191 Å². The summed E-state index contributed by atoms with van der Waals surface area (Å²) >= 11 is 13.8. The number of aromatic amines is 1. The Morgan fingerprint density at radius 2 is 1.87 bits per heavy atom. The van der Waals surface area contributed by atoms with Gasteiger partial charge < -0.3 is 15.4 Å². The first kappa shape index (κ1) is 21.4. The van der Waals surface area contributed by atoms with E-state index < -0.39 is 17.9 Å². The summed E-state index contributed by atoms with van der Waals surface area (Å²) in [5.41, 5.74) is 2.88. The van der Waals surface area contributed by atoms with Gasteiger partial charge in [-0.15, -0.1) is 11.3 Å². The molecule has 0 aliphatic carbocycles. The molecule has 0 radical (unpaired) electrons. The summed E-state index contributed by atoms with van der Waals surface area (Å²) in [7, 11) is 0. The van der Waals surface area contributed by atoms with Crippen LogP contribution >= 0.6 is 34.5 Å². The molecule has 0 aliphatic heterocycles. The number of thiazole rings is 1. The molecule has 1 atom stereocenters. The molecule has 9 heteroatoms. The van der Waals surface area contributed by atoms with Crippen LogP contribution in [0.15, 0.2) is 54.0 Å². The van der Waals surface area contributed by atoms with Crippen LogP contribution in [-0.4, -0.2) is 33.0 Å². The number of nitrogens with zero attached hydrogens (tertiary/aromatic N) is 1. The van der Waals surface area contributed by atoms with Gasteiger partial charge in [0, 0.05) is 34.5 Å². The van der Waals surface area contributed by atoms with E-state index in [2.05, 4.69) is 15.3 Å². The lowest BCUT2D eigenvalue weighted by atomic mass is 10.0. The molecule has 0 fully saturated rings. The van der Waals surface area contributed by atoms with Crippen LogP contribution in [0.25, 0.3) is 21.5 Å². The average Bonchev–Trinajstić information content (AvgIpc) is 3.35. The number of carbonyl (C=O) groups is 2. The summed E-state index contributed by atoms with van der Waals surface area (Å²) in [5.74, 6) is -1.52. The lowest BCUT2D eigenvalue weighted by Gasteiger charge is -2.14. The number of carbonyl (C=O) groups excluding carboxylic acids is 1. The second-order valence-electron chi connectivity index (χ2n) is 6.94. The maximum atomic E-state index is 12.5. The third-order valence-electron chi connectivity index (χ3n) is 4.80. The van der Waals surface area contributed by atoms with E-state index in [9.17, 15) is 14.7 Å². The minimum absolute atomic E-state index is 0.0454. The lowest BCUT2D eigenvalue weighted by molar-refractivity contribution is -0.141. The number of benzene rings is 2. The Morgan fingerprint density at radius 3 is 2.61 bits per heavy atom. The monoisotopic (exact) mass is 473 g/mol. The van der Waals surface area contributed by atoms with E-state index in [0.717, 1.165) is 16.5 Å². The first-order valence-corrected chi connectivity index (χ1v) is 11.0. The number of hydrogen-bond donors (Lipinski definition) is 3. The normalized spacial score (nSPS) is 12.1. The van der Waals surface area contributed by atoms with E-state index in [0.29, 0.717) is 26.3 Å². The smallest absolute Gasteiger partial charge is 0.326 e. The van der Waals surface area contributed by atoms with Gasteiger partial charge in [0.25, 0.3) is 0 Å². The number of hydrogen-bond acceptors (Lipinski definition) is 4. The van der Waals surface area contributed by atoms with Crippen molar-refractivity contribution in [3.8, 4) is 10.6 Å². The fourth-order valence-corrected chi connectivity index (χ4v) is 4.92. The van der Waals surface area contributed by atoms with E-state index in [1.54, 1.807) is 29.8 Å². The van der Waals surface area contributed by atoms with Gasteiger partial charge in [-0.3, -0.25) is 4.79 Å². The molecular weight excluding hydrogens is 457 g/mol. The molecule has 31 heavy (non-hydrogen) atoms. The van der Waals surface area contributed by atoms with Crippen molar-refractivity contribution in [1.82, 2.24) is 15.3 Å². The predicted octanol–water partition coefficient (Wildman–Crippen LogP) is 4.95. The number of para-hydroxylation sites is 1. The zero-order chi connectivity index (χ0) is 22.0. The number of aliphatic carboxylic acids is 1. The van der Waals surface area contributed by atoms with E-state index in [-0.39, 0.29) is 12.8 Å². The van der Waals surface area contributed by atoms with Crippen molar-refractivity contribution in [2.24, 2.45) is 0 Å². The van der Waals surface area contributed by atoms with E-state index in [4.69, 9.17) is 23.2 Å². The predicted molar refractivity (Wildman–Crippen MR) is 123 cm³/mol. The molecule has 0 spiro atoms. The van der Waals surface area contributed by atoms with Gasteiger partial charge in [0.15, 0.2) is 0 Å². The van der Waals surface area contributed by atoms with E-state index in [1.165, 1.54) is 11.3 Å². The number of carboxylic acid groups (broad SMARTS) is 1. The highest BCUT2D eigenvalue weighted by molar-refractivity contribution is 7.13. The van der Waals surface area contributed by atoms with Crippen molar-refractivity contribution in [2.75, 3.05) is 0 Å². The highest BCUT2D eigenvalue weighted by Crippen LogP contribution is 2.36. The topological polar surface area (TPSA) is 95.1 Å². The average molecular weight is 474 g/mol. The first-order chi connectivity index (χ1) is 14.9. The number of fused-ring (bicyclic) bond motifs is 1. The Balaban J connectivity index is 1.46. The molecule has 0 bridgehead atoms. The Hall–Kier alpha value is -2.87. The van der Waals surface area contributed by atoms with Gasteiger partial charge in [0.05, 0.1) is 22.2 Å². The molecule has 4 aromatic rings. The highest BCUT2D eigenvalue weighted by Gasteiger charge is 2.23. The molecule has 2 heterocycles. The number of H-pyrrole nitrogens is 1. The molecule has 0 saturated heterocycles. The summed E-state index contributed by atoms with van der Waals surface area (Å²) in [5, 5.41) is 16.4. The maximum absolute atomic E-state index is 12.5. The molecule has 2 aromatic heterocycles. The van der Waals surface area contributed by atoms with Gasteiger partial charge in [-0.1, -0.05) is 47.5 Å². The highest BCUT2D eigenvalue weighted by atomic mass is 35.5. The van der Waals surface area contributed by atoms with Crippen LogP contribution in [0.4, 0.5) is 0 Å². The van der Waals surface area contributed by atoms with Crippen molar-refractivity contribution >= 4 is 57.3 Å². The van der Waals surface area contributed by atoms with Gasteiger partial charge in [-0.2, -0.15) is 0 Å².